The fourth-order valence-electron chi connectivity index (χ4n) is 1.56. The van der Waals surface area contributed by atoms with Gasteiger partial charge in [0.2, 0.25) is 0 Å². The van der Waals surface area contributed by atoms with Gasteiger partial charge in [-0.25, -0.2) is 4.98 Å². The number of alkyl halides is 9. The molecule has 9 nitrogen and oxygen atoms in total. The quantitative estimate of drug-likeness (QED) is 0.355. The Bertz CT molecular complexity index is 872. The van der Waals surface area contributed by atoms with Gasteiger partial charge in [-0.3, -0.25) is 22.7 Å². The highest BCUT2D eigenvalue weighted by Gasteiger charge is 2.66. The molecule has 0 radical (unpaired) electrons. The number of hydrogen-bond donors (Lipinski definition) is 2. The van der Waals surface area contributed by atoms with Gasteiger partial charge in [-0.1, -0.05) is 0 Å². The smallest absolute Gasteiger partial charge is 0.366 e. The van der Waals surface area contributed by atoms with Crippen LogP contribution in [-0.4, -0.2) is 63.0 Å². The van der Waals surface area contributed by atoms with Crippen molar-refractivity contribution in [2.75, 3.05) is 19.8 Å². The molecule has 2 N–H and O–H groups in total. The average Bonchev–Trinajstić information content (AvgIpc) is 3.16. The molecule has 2 atom stereocenters. The van der Waals surface area contributed by atoms with E-state index in [1.54, 1.807) is 0 Å². The lowest BCUT2D eigenvalue weighted by atomic mass is 10.6. The summed E-state index contributed by atoms with van der Waals surface area (Å²) in [5.41, 5.74) is 0. The third-order valence-electron chi connectivity index (χ3n) is 2.76. The number of hydrogen-bond acceptors (Lipinski definition) is 7. The Labute approximate surface area is 169 Å². The van der Waals surface area contributed by atoms with Crippen molar-refractivity contribution in [3.05, 3.63) is 18.7 Å². The predicted octanol–water partition coefficient (Wildman–Crippen LogP) is 3.64. The molecule has 2 unspecified atom stereocenters. The molecule has 1 aromatic rings. The number of aromatic nitrogens is 2. The standard InChI is InChI=1S/C11H13F9N2O7P2/c12-8(13,14)4-27-30(24,25)11(23,3-22-2-1-21-7-22)31(26,28-5-9(15,16)17)29-6-10(18,19)20/h1-2,7,23H,3-6H2,(H,24,25)/i3D2. The van der Waals surface area contributed by atoms with Crippen LogP contribution in [0.25, 0.3) is 0 Å². The molecule has 1 aromatic heterocycles. The fourth-order valence-corrected chi connectivity index (χ4v) is 5.37. The number of rotatable bonds is 10. The highest BCUT2D eigenvalue weighted by Crippen LogP contribution is 2.75. The van der Waals surface area contributed by atoms with Crippen molar-refractivity contribution in [1.82, 2.24) is 9.55 Å². The van der Waals surface area contributed by atoms with Crippen LogP contribution in [0, 0.1) is 0 Å². The van der Waals surface area contributed by atoms with E-state index in [1.165, 1.54) is 0 Å². The summed E-state index contributed by atoms with van der Waals surface area (Å²) in [5.74, 6) is 0. The first-order chi connectivity index (χ1) is 14.5. The van der Waals surface area contributed by atoms with Gasteiger partial charge < -0.3 is 14.6 Å². The van der Waals surface area contributed by atoms with E-state index in [0.717, 1.165) is 0 Å². The summed E-state index contributed by atoms with van der Waals surface area (Å²) in [7, 11) is -13.8. The van der Waals surface area contributed by atoms with Crippen LogP contribution in [0.2, 0.25) is 0 Å². The minimum Gasteiger partial charge on any atom is -0.366 e. The van der Waals surface area contributed by atoms with E-state index in [1.807, 2.05) is 0 Å². The van der Waals surface area contributed by atoms with Crippen molar-refractivity contribution in [2.45, 2.75) is 30.1 Å². The molecular weight excluding hydrogens is 505 g/mol. The molecule has 0 aromatic carbocycles. The molecule has 0 amide bonds. The molecule has 1 rings (SSSR count). The highest BCUT2D eigenvalue weighted by molar-refractivity contribution is 7.73. The molecule has 20 heteroatoms. The molecular formula is C11H13F9N2O7P2. The van der Waals surface area contributed by atoms with Crippen LogP contribution in [0.5, 0.6) is 0 Å². The van der Waals surface area contributed by atoms with Crippen molar-refractivity contribution >= 4 is 15.2 Å². The molecule has 0 saturated carbocycles. The molecule has 31 heavy (non-hydrogen) atoms. The third-order valence-corrected chi connectivity index (χ3v) is 7.42. The SMILES string of the molecule is [2H]C([2H])(n1ccnc1)C(O)(P(=O)(O)OCC(F)(F)F)P(=O)(OCC(F)(F)F)OCC(F)(F)F. The van der Waals surface area contributed by atoms with Crippen LogP contribution < -0.4 is 0 Å². The molecule has 0 aliphatic heterocycles. The Morgan fingerprint density at radius 2 is 1.32 bits per heavy atom. The Hall–Kier alpha value is -1.16. The van der Waals surface area contributed by atoms with E-state index in [4.69, 9.17) is 2.74 Å². The highest BCUT2D eigenvalue weighted by atomic mass is 31.2. The average molecular weight is 520 g/mol. The Morgan fingerprint density at radius 3 is 1.68 bits per heavy atom. The van der Waals surface area contributed by atoms with E-state index in [2.05, 4.69) is 18.6 Å². The first-order valence-corrected chi connectivity index (χ1v) is 10.4. The Balaban J connectivity index is 3.78. The van der Waals surface area contributed by atoms with Crippen LogP contribution >= 0.6 is 15.2 Å². The van der Waals surface area contributed by atoms with Gasteiger partial charge in [0.05, 0.1) is 15.6 Å². The van der Waals surface area contributed by atoms with Gasteiger partial charge >= 0.3 is 33.7 Å². The monoisotopic (exact) mass is 520 g/mol. The summed E-state index contributed by atoms with van der Waals surface area (Å²) in [6, 6.07) is 0. The summed E-state index contributed by atoms with van der Waals surface area (Å²) < 4.78 is 165. The van der Waals surface area contributed by atoms with E-state index in [-0.39, 0.29) is 4.57 Å². The summed E-state index contributed by atoms with van der Waals surface area (Å²) in [6.45, 7) is -12.7. The van der Waals surface area contributed by atoms with E-state index < -0.39 is 65.1 Å². The maximum atomic E-state index is 13.0. The van der Waals surface area contributed by atoms with Gasteiger partial charge in [-0.2, -0.15) is 39.5 Å². The normalized spacial score (nSPS) is 19.3. The van der Waals surface area contributed by atoms with E-state index in [9.17, 15) is 58.6 Å². The third kappa shape index (κ3) is 8.36. The second-order valence-corrected chi connectivity index (χ2v) is 9.86. The topological polar surface area (TPSA) is 120 Å². The second kappa shape index (κ2) is 9.37. The van der Waals surface area contributed by atoms with Gasteiger partial charge in [-0.05, 0) is 0 Å². The minimum absolute atomic E-state index is 0.104. The molecule has 0 bridgehead atoms. The molecule has 0 fully saturated rings. The van der Waals surface area contributed by atoms with Crippen molar-refractivity contribution in [1.29, 1.82) is 0 Å². The molecule has 0 aliphatic rings. The number of nitrogens with zero attached hydrogens (tertiary/aromatic N) is 2. The van der Waals surface area contributed by atoms with Crippen LogP contribution in [0.4, 0.5) is 39.5 Å². The predicted molar refractivity (Wildman–Crippen MR) is 80.6 cm³/mol. The maximum Gasteiger partial charge on any atom is 0.412 e. The maximum absolute atomic E-state index is 13.0. The largest absolute Gasteiger partial charge is 0.412 e. The number of imidazole rings is 1. The second-order valence-electron chi connectivity index (χ2n) is 5.40. The summed E-state index contributed by atoms with van der Waals surface area (Å²) in [5, 5.41) is 5.56. The first kappa shape index (κ1) is 24.5. The fraction of sp³-hybridized carbons (Fsp3) is 0.727. The summed E-state index contributed by atoms with van der Waals surface area (Å²) in [4.78, 5) is 13.2. The lowest BCUT2D eigenvalue weighted by Gasteiger charge is -2.37. The molecule has 0 saturated heterocycles. The van der Waals surface area contributed by atoms with Crippen LogP contribution in [0.3, 0.4) is 0 Å². The van der Waals surface area contributed by atoms with E-state index >= 15 is 0 Å². The summed E-state index contributed by atoms with van der Waals surface area (Å²) in [6.07, 6.45) is -15.1. The van der Waals surface area contributed by atoms with Crippen molar-refractivity contribution in [3.8, 4) is 0 Å². The van der Waals surface area contributed by atoms with Gasteiger partial charge in [-0.15, -0.1) is 0 Å². The molecule has 0 spiro atoms. The Kier molecular flexibility index (Phi) is 7.40. The first-order valence-electron chi connectivity index (χ1n) is 8.25. The zero-order valence-corrected chi connectivity index (χ0v) is 16.3. The van der Waals surface area contributed by atoms with Crippen molar-refractivity contribution in [3.63, 3.8) is 0 Å². The van der Waals surface area contributed by atoms with Crippen LogP contribution in [0.15, 0.2) is 18.7 Å². The zero-order valence-electron chi connectivity index (χ0n) is 16.5. The van der Waals surface area contributed by atoms with Crippen molar-refractivity contribution in [2.24, 2.45) is 0 Å². The molecule has 1 heterocycles. The van der Waals surface area contributed by atoms with Gasteiger partial charge in [0.25, 0.3) is 5.08 Å². The minimum atomic E-state index is -6.91. The lowest BCUT2D eigenvalue weighted by Crippen LogP contribution is -2.39. The van der Waals surface area contributed by atoms with Gasteiger partial charge in [0.1, 0.15) is 0 Å². The van der Waals surface area contributed by atoms with Crippen molar-refractivity contribution < 1.29 is 75.0 Å². The number of halogens is 9. The zero-order chi connectivity index (χ0) is 26.1. The Morgan fingerprint density at radius 1 is 0.903 bits per heavy atom. The molecule has 0 aliphatic carbocycles. The number of aliphatic hydroxyl groups is 1. The summed E-state index contributed by atoms with van der Waals surface area (Å²) >= 11 is 0. The van der Waals surface area contributed by atoms with Gasteiger partial charge in [0.15, 0.2) is 19.8 Å². The van der Waals surface area contributed by atoms with Crippen LogP contribution in [-0.2, 0) is 29.2 Å². The van der Waals surface area contributed by atoms with Gasteiger partial charge in [0, 0.05) is 12.4 Å². The lowest BCUT2D eigenvalue weighted by molar-refractivity contribution is -0.168. The van der Waals surface area contributed by atoms with Crippen LogP contribution in [0.1, 0.15) is 2.74 Å². The van der Waals surface area contributed by atoms with E-state index in [0.29, 0.717) is 18.7 Å². The molecule has 182 valence electrons.